The van der Waals surface area contributed by atoms with Crippen molar-refractivity contribution in [2.24, 2.45) is 0 Å². The maximum Gasteiger partial charge on any atom is 0.0991 e. The summed E-state index contributed by atoms with van der Waals surface area (Å²) in [4.78, 5) is 4.73. The predicted octanol–water partition coefficient (Wildman–Crippen LogP) is 5.44. The van der Waals surface area contributed by atoms with Gasteiger partial charge in [-0.25, -0.2) is 0 Å². The van der Waals surface area contributed by atoms with Gasteiger partial charge < -0.3 is 0 Å². The van der Waals surface area contributed by atoms with Crippen LogP contribution in [0.2, 0.25) is 0 Å². The summed E-state index contributed by atoms with van der Waals surface area (Å²) >= 11 is 0. The van der Waals surface area contributed by atoms with Crippen LogP contribution in [0, 0.1) is 11.3 Å². The van der Waals surface area contributed by atoms with Crippen molar-refractivity contribution in [2.45, 2.75) is 0 Å². The lowest BCUT2D eigenvalue weighted by molar-refractivity contribution is 1.35. The molecule has 2 heteroatoms. The number of nitriles is 1. The second kappa shape index (κ2) is 5.98. The Morgan fingerprint density at radius 1 is 0.708 bits per heavy atom. The Morgan fingerprint density at radius 2 is 1.42 bits per heavy atom. The van der Waals surface area contributed by atoms with Crippen LogP contribution in [0.4, 0.5) is 0 Å². The molecular formula is C22H14N2. The molecule has 112 valence electrons. The molecule has 0 aliphatic rings. The number of fused-ring (bicyclic) bond motifs is 1. The molecule has 0 aliphatic heterocycles. The van der Waals surface area contributed by atoms with E-state index in [1.54, 1.807) is 0 Å². The first-order valence-electron chi connectivity index (χ1n) is 7.80. The van der Waals surface area contributed by atoms with Crippen molar-refractivity contribution < 1.29 is 0 Å². The molecule has 4 aromatic rings. The maximum absolute atomic E-state index is 9.04. The molecule has 4 rings (SSSR count). The van der Waals surface area contributed by atoms with Gasteiger partial charge in [0.1, 0.15) is 0 Å². The van der Waals surface area contributed by atoms with Gasteiger partial charge in [0.25, 0.3) is 0 Å². The van der Waals surface area contributed by atoms with Gasteiger partial charge in [-0.15, -0.1) is 0 Å². The summed E-state index contributed by atoms with van der Waals surface area (Å²) in [5, 5.41) is 11.3. The third kappa shape index (κ3) is 2.43. The smallest absolute Gasteiger partial charge is 0.0991 e. The normalized spacial score (nSPS) is 10.5. The molecule has 0 unspecified atom stereocenters. The van der Waals surface area contributed by atoms with Crippen molar-refractivity contribution in [1.29, 1.82) is 5.26 Å². The van der Waals surface area contributed by atoms with E-state index in [4.69, 9.17) is 10.2 Å². The topological polar surface area (TPSA) is 36.7 Å². The Hall–Kier alpha value is -3.44. The highest BCUT2D eigenvalue weighted by Crippen LogP contribution is 2.36. The highest BCUT2D eigenvalue weighted by molar-refractivity contribution is 6.02. The number of rotatable bonds is 2. The van der Waals surface area contributed by atoms with E-state index in [2.05, 4.69) is 30.3 Å². The number of nitrogens with zero attached hydrogens (tertiary/aromatic N) is 2. The number of benzene rings is 3. The van der Waals surface area contributed by atoms with Gasteiger partial charge in [0, 0.05) is 22.7 Å². The van der Waals surface area contributed by atoms with E-state index in [0.29, 0.717) is 5.56 Å². The number of hydrogen-bond acceptors (Lipinski definition) is 2. The van der Waals surface area contributed by atoms with Crippen molar-refractivity contribution in [2.75, 3.05) is 0 Å². The third-order valence-electron chi connectivity index (χ3n) is 4.15. The van der Waals surface area contributed by atoms with Crippen LogP contribution in [0.5, 0.6) is 0 Å². The summed E-state index contributed by atoms with van der Waals surface area (Å²) in [6, 6.07) is 28.3. The lowest BCUT2D eigenvalue weighted by Gasteiger charge is -2.13. The zero-order valence-electron chi connectivity index (χ0n) is 13.0. The monoisotopic (exact) mass is 306 g/mol. The second-order valence-electron chi connectivity index (χ2n) is 5.62. The molecule has 0 spiro atoms. The van der Waals surface area contributed by atoms with E-state index in [-0.39, 0.29) is 0 Å². The SMILES string of the molecule is N#Cc1ccc(-c2c(-c3ccccc3)ncc3ccccc23)cc1. The molecular weight excluding hydrogens is 292 g/mol. The van der Waals surface area contributed by atoms with Crippen molar-refractivity contribution in [3.63, 3.8) is 0 Å². The van der Waals surface area contributed by atoms with Gasteiger partial charge >= 0.3 is 0 Å². The first kappa shape index (κ1) is 14.2. The summed E-state index contributed by atoms with van der Waals surface area (Å²) in [6.45, 7) is 0. The Balaban J connectivity index is 2.04. The minimum Gasteiger partial charge on any atom is -0.255 e. The maximum atomic E-state index is 9.04. The Morgan fingerprint density at radius 3 is 2.17 bits per heavy atom. The molecule has 0 N–H and O–H groups in total. The molecule has 0 radical (unpaired) electrons. The van der Waals surface area contributed by atoms with Gasteiger partial charge in [-0.3, -0.25) is 4.98 Å². The zero-order chi connectivity index (χ0) is 16.4. The van der Waals surface area contributed by atoms with Crippen LogP contribution in [0.3, 0.4) is 0 Å². The highest BCUT2D eigenvalue weighted by atomic mass is 14.7. The van der Waals surface area contributed by atoms with Crippen LogP contribution in [-0.4, -0.2) is 4.98 Å². The van der Waals surface area contributed by atoms with Crippen molar-refractivity contribution >= 4 is 10.8 Å². The van der Waals surface area contributed by atoms with Gasteiger partial charge in [-0.2, -0.15) is 5.26 Å². The summed E-state index contributed by atoms with van der Waals surface area (Å²) < 4.78 is 0. The fraction of sp³-hybridized carbons (Fsp3) is 0. The molecule has 3 aromatic carbocycles. The van der Waals surface area contributed by atoms with Crippen LogP contribution in [-0.2, 0) is 0 Å². The molecule has 24 heavy (non-hydrogen) atoms. The lowest BCUT2D eigenvalue weighted by atomic mass is 9.94. The molecule has 0 saturated heterocycles. The molecule has 0 saturated carbocycles. The van der Waals surface area contributed by atoms with E-state index in [1.165, 1.54) is 0 Å². The first-order chi connectivity index (χ1) is 11.9. The zero-order valence-corrected chi connectivity index (χ0v) is 13.0. The van der Waals surface area contributed by atoms with Crippen LogP contribution >= 0.6 is 0 Å². The van der Waals surface area contributed by atoms with Crippen molar-refractivity contribution in [3.05, 3.63) is 90.6 Å². The molecule has 0 atom stereocenters. The minimum atomic E-state index is 0.660. The van der Waals surface area contributed by atoms with E-state index < -0.39 is 0 Å². The van der Waals surface area contributed by atoms with E-state index >= 15 is 0 Å². The van der Waals surface area contributed by atoms with E-state index in [1.807, 2.05) is 60.8 Å². The lowest BCUT2D eigenvalue weighted by Crippen LogP contribution is -1.91. The average Bonchev–Trinajstić information content (AvgIpc) is 2.68. The Kier molecular flexibility index (Phi) is 3.53. The van der Waals surface area contributed by atoms with Gasteiger partial charge in [0.2, 0.25) is 0 Å². The molecule has 1 heterocycles. The fourth-order valence-electron chi connectivity index (χ4n) is 2.98. The largest absolute Gasteiger partial charge is 0.255 e. The Bertz CT molecular complexity index is 1040. The fourth-order valence-corrected chi connectivity index (χ4v) is 2.98. The van der Waals surface area contributed by atoms with Gasteiger partial charge in [0.05, 0.1) is 17.3 Å². The van der Waals surface area contributed by atoms with Crippen LogP contribution in [0.1, 0.15) is 5.56 Å². The number of pyridine rings is 1. The van der Waals surface area contributed by atoms with Crippen molar-refractivity contribution in [3.8, 4) is 28.5 Å². The van der Waals surface area contributed by atoms with Crippen LogP contribution in [0.15, 0.2) is 85.1 Å². The molecule has 2 nitrogen and oxygen atoms in total. The predicted molar refractivity (Wildman–Crippen MR) is 97.3 cm³/mol. The summed E-state index contributed by atoms with van der Waals surface area (Å²) in [7, 11) is 0. The summed E-state index contributed by atoms with van der Waals surface area (Å²) in [5.41, 5.74) is 4.87. The first-order valence-corrected chi connectivity index (χ1v) is 7.80. The standard InChI is InChI=1S/C22H14N2/c23-14-16-10-12-17(13-11-16)21-20-9-5-4-8-19(20)15-24-22(21)18-6-2-1-3-7-18/h1-13,15H. The molecule has 0 fully saturated rings. The molecule has 0 aliphatic carbocycles. The molecule has 0 bridgehead atoms. The van der Waals surface area contributed by atoms with E-state index in [0.717, 1.165) is 33.2 Å². The van der Waals surface area contributed by atoms with Crippen molar-refractivity contribution in [1.82, 2.24) is 4.98 Å². The average molecular weight is 306 g/mol. The third-order valence-corrected chi connectivity index (χ3v) is 4.15. The van der Waals surface area contributed by atoms with E-state index in [9.17, 15) is 0 Å². The Labute approximate surface area is 140 Å². The minimum absolute atomic E-state index is 0.660. The summed E-state index contributed by atoms with van der Waals surface area (Å²) in [6.07, 6.45) is 1.92. The summed E-state index contributed by atoms with van der Waals surface area (Å²) in [5.74, 6) is 0. The van der Waals surface area contributed by atoms with Crippen LogP contribution in [0.25, 0.3) is 33.2 Å². The number of hydrogen-bond donors (Lipinski definition) is 0. The van der Waals surface area contributed by atoms with Gasteiger partial charge in [-0.05, 0) is 23.1 Å². The molecule has 1 aromatic heterocycles. The molecule has 0 amide bonds. The van der Waals surface area contributed by atoms with Gasteiger partial charge in [0.15, 0.2) is 0 Å². The number of aromatic nitrogens is 1. The highest BCUT2D eigenvalue weighted by Gasteiger charge is 2.13. The quantitative estimate of drug-likeness (QED) is 0.494. The second-order valence-corrected chi connectivity index (χ2v) is 5.62. The van der Waals surface area contributed by atoms with Gasteiger partial charge in [-0.1, -0.05) is 66.7 Å². The van der Waals surface area contributed by atoms with Crippen LogP contribution < -0.4 is 0 Å².